The van der Waals surface area contributed by atoms with E-state index < -0.39 is 6.10 Å². The van der Waals surface area contributed by atoms with Crippen LogP contribution in [0, 0.1) is 0 Å². The van der Waals surface area contributed by atoms with Crippen LogP contribution in [0.4, 0.5) is 0 Å². The number of carbonyl (C=O) groups excluding carboxylic acids is 1. The Morgan fingerprint density at radius 2 is 1.79 bits per heavy atom. The lowest BCUT2D eigenvalue weighted by Crippen LogP contribution is -2.29. The summed E-state index contributed by atoms with van der Waals surface area (Å²) < 4.78 is 5.33. The van der Waals surface area contributed by atoms with Gasteiger partial charge in [0.2, 0.25) is 5.91 Å². The maximum absolute atomic E-state index is 12.2. The third-order valence-electron chi connectivity index (χ3n) is 3.92. The molecule has 0 aliphatic carbocycles. The van der Waals surface area contributed by atoms with Crippen molar-refractivity contribution in [2.45, 2.75) is 25.4 Å². The summed E-state index contributed by atoms with van der Waals surface area (Å²) in [5.74, 6) is 0.659. The van der Waals surface area contributed by atoms with E-state index >= 15 is 0 Å². The first kappa shape index (κ1) is 18.3. The highest BCUT2D eigenvalue weighted by atomic mass is 35.5. The van der Waals surface area contributed by atoms with Crippen LogP contribution in [0.25, 0.3) is 0 Å². The molecule has 2 atom stereocenters. The van der Waals surface area contributed by atoms with Gasteiger partial charge in [0.1, 0.15) is 5.75 Å². The predicted molar refractivity (Wildman–Crippen MR) is 95.4 cm³/mol. The van der Waals surface area contributed by atoms with E-state index in [0.29, 0.717) is 17.0 Å². The molecule has 1 amide bonds. The van der Waals surface area contributed by atoms with E-state index in [1.807, 2.05) is 31.2 Å². The fraction of sp³-hybridized carbons (Fsp3) is 0.316. The molecule has 0 bridgehead atoms. The lowest BCUT2D eigenvalue weighted by Gasteiger charge is -2.17. The molecule has 0 saturated carbocycles. The number of benzene rings is 2. The van der Waals surface area contributed by atoms with Crippen molar-refractivity contribution >= 4 is 17.5 Å². The van der Waals surface area contributed by atoms with Crippen molar-refractivity contribution in [3.8, 4) is 5.75 Å². The number of amides is 1. The largest absolute Gasteiger partial charge is 0.496 e. The molecule has 0 aliphatic rings. The minimum absolute atomic E-state index is 0.0126. The highest BCUT2D eigenvalue weighted by Crippen LogP contribution is 2.28. The minimum Gasteiger partial charge on any atom is -0.496 e. The molecule has 2 unspecified atom stereocenters. The summed E-state index contributed by atoms with van der Waals surface area (Å²) in [6.45, 7) is 2.10. The molecule has 0 heterocycles. The van der Waals surface area contributed by atoms with Crippen LogP contribution < -0.4 is 10.1 Å². The Hall–Kier alpha value is -2.04. The second kappa shape index (κ2) is 8.71. The lowest BCUT2D eigenvalue weighted by molar-refractivity contribution is -0.121. The van der Waals surface area contributed by atoms with Crippen molar-refractivity contribution in [2.75, 3.05) is 13.7 Å². The monoisotopic (exact) mass is 347 g/mol. The Kier molecular flexibility index (Phi) is 6.64. The van der Waals surface area contributed by atoms with Crippen LogP contribution in [0.3, 0.4) is 0 Å². The van der Waals surface area contributed by atoms with E-state index in [1.165, 1.54) is 0 Å². The number of aliphatic hydroxyl groups excluding tert-OH is 1. The fourth-order valence-electron chi connectivity index (χ4n) is 2.60. The van der Waals surface area contributed by atoms with Gasteiger partial charge in [0.05, 0.1) is 13.2 Å². The van der Waals surface area contributed by atoms with E-state index in [4.69, 9.17) is 16.3 Å². The Morgan fingerprint density at radius 3 is 2.46 bits per heavy atom. The molecule has 2 rings (SSSR count). The minimum atomic E-state index is -0.829. The highest BCUT2D eigenvalue weighted by molar-refractivity contribution is 6.31. The second-order valence-electron chi connectivity index (χ2n) is 5.69. The molecule has 0 aliphatic heterocycles. The van der Waals surface area contributed by atoms with Crippen LogP contribution in [-0.4, -0.2) is 24.7 Å². The summed E-state index contributed by atoms with van der Waals surface area (Å²) in [4.78, 5) is 12.2. The smallest absolute Gasteiger partial charge is 0.220 e. The van der Waals surface area contributed by atoms with Crippen molar-refractivity contribution in [3.05, 3.63) is 64.7 Å². The molecule has 0 radical (unpaired) electrons. The normalized spacial score (nSPS) is 13.2. The zero-order valence-electron chi connectivity index (χ0n) is 13.8. The van der Waals surface area contributed by atoms with Crippen LogP contribution in [-0.2, 0) is 4.79 Å². The molecule has 0 saturated heterocycles. The predicted octanol–water partition coefficient (Wildman–Crippen LogP) is 3.69. The lowest BCUT2D eigenvalue weighted by atomic mass is 9.96. The number of aliphatic hydroxyl groups is 1. The zero-order chi connectivity index (χ0) is 17.5. The fourth-order valence-corrected chi connectivity index (χ4v) is 2.86. The number of hydrogen-bond donors (Lipinski definition) is 2. The summed E-state index contributed by atoms with van der Waals surface area (Å²) in [6.07, 6.45) is -0.514. The van der Waals surface area contributed by atoms with Gasteiger partial charge in [-0.25, -0.2) is 0 Å². The average molecular weight is 348 g/mol. The van der Waals surface area contributed by atoms with Crippen molar-refractivity contribution in [1.82, 2.24) is 5.32 Å². The summed E-state index contributed by atoms with van der Waals surface area (Å²) in [5, 5.41) is 13.4. The van der Waals surface area contributed by atoms with Crippen molar-refractivity contribution in [2.24, 2.45) is 0 Å². The van der Waals surface area contributed by atoms with Crippen molar-refractivity contribution in [1.29, 1.82) is 0 Å². The summed E-state index contributed by atoms with van der Waals surface area (Å²) in [7, 11) is 1.62. The Labute approximate surface area is 147 Å². The van der Waals surface area contributed by atoms with Gasteiger partial charge in [-0.15, -0.1) is 0 Å². The van der Waals surface area contributed by atoms with Gasteiger partial charge in [0.15, 0.2) is 0 Å². The number of nitrogens with one attached hydrogen (secondary N) is 1. The summed E-state index contributed by atoms with van der Waals surface area (Å²) in [6, 6.07) is 14.7. The molecule has 24 heavy (non-hydrogen) atoms. The van der Waals surface area contributed by atoms with Crippen LogP contribution in [0.5, 0.6) is 5.75 Å². The maximum Gasteiger partial charge on any atom is 0.220 e. The van der Waals surface area contributed by atoms with Gasteiger partial charge >= 0.3 is 0 Å². The van der Waals surface area contributed by atoms with Crippen LogP contribution in [0.1, 0.15) is 36.5 Å². The van der Waals surface area contributed by atoms with Crippen molar-refractivity contribution < 1.29 is 14.6 Å². The maximum atomic E-state index is 12.2. The van der Waals surface area contributed by atoms with E-state index in [-0.39, 0.29) is 18.4 Å². The van der Waals surface area contributed by atoms with Gasteiger partial charge in [-0.1, -0.05) is 54.9 Å². The number of hydrogen-bond acceptors (Lipinski definition) is 3. The average Bonchev–Trinajstić information content (AvgIpc) is 2.60. The molecule has 5 heteroatoms. The first-order chi connectivity index (χ1) is 11.5. The molecule has 0 fully saturated rings. The van der Waals surface area contributed by atoms with Gasteiger partial charge in [-0.05, 0) is 23.6 Å². The first-order valence-electron chi connectivity index (χ1n) is 7.85. The molecular formula is C19H22ClNO3. The highest BCUT2D eigenvalue weighted by Gasteiger charge is 2.17. The Bertz CT molecular complexity index is 690. The number of methoxy groups -OCH3 is 1. The van der Waals surface area contributed by atoms with Gasteiger partial charge in [-0.3, -0.25) is 4.79 Å². The quantitative estimate of drug-likeness (QED) is 0.803. The van der Waals surface area contributed by atoms with Gasteiger partial charge in [0.25, 0.3) is 0 Å². The zero-order valence-corrected chi connectivity index (χ0v) is 14.6. The second-order valence-corrected chi connectivity index (χ2v) is 6.10. The first-order valence-corrected chi connectivity index (χ1v) is 8.22. The molecule has 0 spiro atoms. The number of halogens is 1. The summed E-state index contributed by atoms with van der Waals surface area (Å²) in [5.41, 5.74) is 1.60. The third-order valence-corrected chi connectivity index (χ3v) is 4.26. The molecule has 4 nitrogen and oxygen atoms in total. The van der Waals surface area contributed by atoms with Crippen LogP contribution >= 0.6 is 11.6 Å². The molecule has 2 N–H and O–H groups in total. The molecule has 2 aromatic carbocycles. The number of carbonyl (C=O) groups is 1. The number of ether oxygens (including phenoxy) is 1. The number of para-hydroxylation sites is 1. The van der Waals surface area contributed by atoms with E-state index in [2.05, 4.69) is 5.32 Å². The van der Waals surface area contributed by atoms with E-state index in [1.54, 1.807) is 31.4 Å². The summed E-state index contributed by atoms with van der Waals surface area (Å²) >= 11 is 6.05. The molecule has 2 aromatic rings. The van der Waals surface area contributed by atoms with Gasteiger partial charge in [-0.2, -0.15) is 0 Å². The SMILES string of the molecule is COc1ccccc1C(C)CC(=O)NCC(O)c1ccccc1Cl. The van der Waals surface area contributed by atoms with E-state index in [0.717, 1.165) is 11.3 Å². The standard InChI is InChI=1S/C19H22ClNO3/c1-13(14-7-4-6-10-18(14)24-2)11-19(23)21-12-17(22)15-8-3-5-9-16(15)20/h3-10,13,17,22H,11-12H2,1-2H3,(H,21,23). The molecular weight excluding hydrogens is 326 g/mol. The van der Waals surface area contributed by atoms with Crippen molar-refractivity contribution in [3.63, 3.8) is 0 Å². The molecule has 128 valence electrons. The number of rotatable bonds is 7. The van der Waals surface area contributed by atoms with Crippen LogP contribution in [0.2, 0.25) is 5.02 Å². The van der Waals surface area contributed by atoms with Crippen LogP contribution in [0.15, 0.2) is 48.5 Å². The third kappa shape index (κ3) is 4.73. The Balaban J connectivity index is 1.90. The van der Waals surface area contributed by atoms with Gasteiger partial charge in [0, 0.05) is 23.6 Å². The van der Waals surface area contributed by atoms with E-state index in [9.17, 15) is 9.90 Å². The topological polar surface area (TPSA) is 58.6 Å². The molecule has 0 aromatic heterocycles. The van der Waals surface area contributed by atoms with Gasteiger partial charge < -0.3 is 15.2 Å². The Morgan fingerprint density at radius 1 is 1.17 bits per heavy atom.